The third-order valence-electron chi connectivity index (χ3n) is 5.00. The highest BCUT2D eigenvalue weighted by Gasteiger charge is 2.29. The minimum Gasteiger partial charge on any atom is -0.338 e. The van der Waals surface area contributed by atoms with E-state index in [1.54, 1.807) is 0 Å². The van der Waals surface area contributed by atoms with E-state index in [9.17, 15) is 9.59 Å². The molecule has 0 spiro atoms. The Morgan fingerprint density at radius 3 is 2.62 bits per heavy atom. The Kier molecular flexibility index (Phi) is 5.72. The van der Waals surface area contributed by atoms with Gasteiger partial charge in [0.05, 0.1) is 0 Å². The zero-order valence-corrected chi connectivity index (χ0v) is 14.2. The Hall–Kier alpha value is -2.04. The van der Waals surface area contributed by atoms with Crippen molar-refractivity contribution >= 4 is 11.9 Å². The van der Waals surface area contributed by atoms with Gasteiger partial charge in [0, 0.05) is 38.0 Å². The average Bonchev–Trinajstić information content (AvgIpc) is 2.95. The maximum Gasteiger partial charge on any atom is 0.315 e. The SMILES string of the molecule is O=C(NC[C@@H]1CC(=O)N(Cc2ccccc2)C1)NC1CCCCC1. The molecule has 1 aromatic carbocycles. The van der Waals surface area contributed by atoms with Gasteiger partial charge in [-0.2, -0.15) is 0 Å². The van der Waals surface area contributed by atoms with Gasteiger partial charge in [-0.15, -0.1) is 0 Å². The number of hydrogen-bond donors (Lipinski definition) is 2. The molecule has 0 aromatic heterocycles. The second kappa shape index (κ2) is 8.18. The van der Waals surface area contributed by atoms with E-state index in [4.69, 9.17) is 0 Å². The van der Waals surface area contributed by atoms with Crippen molar-refractivity contribution in [2.24, 2.45) is 5.92 Å². The van der Waals surface area contributed by atoms with Crippen LogP contribution in [-0.4, -0.2) is 36.0 Å². The number of nitrogens with one attached hydrogen (secondary N) is 2. The van der Waals surface area contributed by atoms with Crippen molar-refractivity contribution in [1.29, 1.82) is 0 Å². The van der Waals surface area contributed by atoms with Gasteiger partial charge in [0.1, 0.15) is 0 Å². The molecule has 2 aliphatic rings. The molecule has 5 heteroatoms. The molecule has 1 aliphatic heterocycles. The third-order valence-corrected chi connectivity index (χ3v) is 5.00. The van der Waals surface area contributed by atoms with E-state index >= 15 is 0 Å². The van der Waals surface area contributed by atoms with Crippen LogP contribution in [0.3, 0.4) is 0 Å². The first-order chi connectivity index (χ1) is 11.7. The molecule has 3 rings (SSSR count). The van der Waals surface area contributed by atoms with Crippen molar-refractivity contribution in [3.63, 3.8) is 0 Å². The summed E-state index contributed by atoms with van der Waals surface area (Å²) in [6, 6.07) is 10.3. The van der Waals surface area contributed by atoms with Crippen LogP contribution in [0.25, 0.3) is 0 Å². The summed E-state index contributed by atoms with van der Waals surface area (Å²) in [4.78, 5) is 26.0. The molecule has 1 saturated carbocycles. The van der Waals surface area contributed by atoms with E-state index in [0.29, 0.717) is 25.6 Å². The molecule has 0 bridgehead atoms. The number of rotatable bonds is 5. The smallest absolute Gasteiger partial charge is 0.315 e. The number of hydrogen-bond acceptors (Lipinski definition) is 2. The molecule has 130 valence electrons. The van der Waals surface area contributed by atoms with Crippen LogP contribution >= 0.6 is 0 Å². The molecule has 24 heavy (non-hydrogen) atoms. The number of likely N-dealkylation sites (tertiary alicyclic amines) is 1. The van der Waals surface area contributed by atoms with Gasteiger partial charge >= 0.3 is 6.03 Å². The maximum atomic E-state index is 12.1. The van der Waals surface area contributed by atoms with Crippen LogP contribution in [0.4, 0.5) is 4.79 Å². The summed E-state index contributed by atoms with van der Waals surface area (Å²) in [6.07, 6.45) is 6.38. The van der Waals surface area contributed by atoms with Crippen LogP contribution in [-0.2, 0) is 11.3 Å². The number of nitrogens with zero attached hydrogens (tertiary/aromatic N) is 1. The molecule has 5 nitrogen and oxygen atoms in total. The zero-order chi connectivity index (χ0) is 16.8. The third kappa shape index (κ3) is 4.73. The molecule has 1 aromatic rings. The molecule has 3 amide bonds. The predicted molar refractivity (Wildman–Crippen MR) is 93.4 cm³/mol. The minimum absolute atomic E-state index is 0.0872. The van der Waals surface area contributed by atoms with Crippen molar-refractivity contribution in [1.82, 2.24) is 15.5 Å². The van der Waals surface area contributed by atoms with Gasteiger partial charge in [-0.25, -0.2) is 4.79 Å². The number of carbonyl (C=O) groups is 2. The average molecular weight is 329 g/mol. The van der Waals surface area contributed by atoms with Gasteiger partial charge in [0.2, 0.25) is 5.91 Å². The first-order valence-corrected chi connectivity index (χ1v) is 9.07. The molecule has 0 radical (unpaired) electrons. The fourth-order valence-electron chi connectivity index (χ4n) is 3.67. The summed E-state index contributed by atoms with van der Waals surface area (Å²) < 4.78 is 0. The van der Waals surface area contributed by atoms with E-state index < -0.39 is 0 Å². The second-order valence-electron chi connectivity index (χ2n) is 7.02. The molecule has 2 N–H and O–H groups in total. The van der Waals surface area contributed by atoms with Crippen molar-refractivity contribution in [2.75, 3.05) is 13.1 Å². The first-order valence-electron chi connectivity index (χ1n) is 9.07. The highest BCUT2D eigenvalue weighted by molar-refractivity contribution is 5.79. The van der Waals surface area contributed by atoms with Crippen molar-refractivity contribution in [2.45, 2.75) is 51.1 Å². The number of benzene rings is 1. The second-order valence-corrected chi connectivity index (χ2v) is 7.02. The molecule has 2 fully saturated rings. The van der Waals surface area contributed by atoms with Crippen molar-refractivity contribution < 1.29 is 9.59 Å². The van der Waals surface area contributed by atoms with Crippen LogP contribution in [0.15, 0.2) is 30.3 Å². The zero-order valence-electron chi connectivity index (χ0n) is 14.2. The number of urea groups is 1. The molecule has 1 aliphatic carbocycles. The molecule has 1 saturated heterocycles. The summed E-state index contributed by atoms with van der Waals surface area (Å²) in [5.74, 6) is 0.386. The van der Waals surface area contributed by atoms with E-state index in [-0.39, 0.29) is 17.9 Å². The maximum absolute atomic E-state index is 12.1. The van der Waals surface area contributed by atoms with E-state index in [0.717, 1.165) is 24.9 Å². The van der Waals surface area contributed by atoms with Crippen LogP contribution in [0, 0.1) is 5.92 Å². The van der Waals surface area contributed by atoms with Crippen molar-refractivity contribution in [3.8, 4) is 0 Å². The molecular weight excluding hydrogens is 302 g/mol. The summed E-state index contributed by atoms with van der Waals surface area (Å²) in [5, 5.41) is 6.00. The summed E-state index contributed by atoms with van der Waals surface area (Å²) in [5.41, 5.74) is 1.15. The first kappa shape index (κ1) is 16.8. The Labute approximate surface area is 143 Å². The highest BCUT2D eigenvalue weighted by atomic mass is 16.2. The van der Waals surface area contributed by atoms with E-state index in [2.05, 4.69) is 10.6 Å². The van der Waals surface area contributed by atoms with Gasteiger partial charge in [0.15, 0.2) is 0 Å². The van der Waals surface area contributed by atoms with Crippen LogP contribution < -0.4 is 10.6 Å². The largest absolute Gasteiger partial charge is 0.338 e. The Morgan fingerprint density at radius 2 is 1.88 bits per heavy atom. The Balaban J connectivity index is 1.40. The summed E-state index contributed by atoms with van der Waals surface area (Å²) in [6.45, 7) is 1.94. The van der Waals surface area contributed by atoms with Crippen molar-refractivity contribution in [3.05, 3.63) is 35.9 Å². The lowest BCUT2D eigenvalue weighted by atomic mass is 9.96. The quantitative estimate of drug-likeness (QED) is 0.872. The Morgan fingerprint density at radius 1 is 1.12 bits per heavy atom. The lowest BCUT2D eigenvalue weighted by Crippen LogP contribution is -2.44. The lowest BCUT2D eigenvalue weighted by Gasteiger charge is -2.23. The lowest BCUT2D eigenvalue weighted by molar-refractivity contribution is -0.128. The standard InChI is InChI=1S/C19H27N3O2/c23-18-11-16(14-22(18)13-15-7-3-1-4-8-15)12-20-19(24)21-17-9-5-2-6-10-17/h1,3-4,7-8,16-17H,2,5-6,9-14H2,(H2,20,21,24)/t16-/m0/s1. The fourth-order valence-corrected chi connectivity index (χ4v) is 3.67. The molecule has 1 heterocycles. The van der Waals surface area contributed by atoms with Gasteiger partial charge in [0.25, 0.3) is 0 Å². The van der Waals surface area contributed by atoms with Gasteiger partial charge in [-0.05, 0) is 18.4 Å². The highest BCUT2D eigenvalue weighted by Crippen LogP contribution is 2.20. The number of amides is 3. The Bertz CT molecular complexity index is 555. The molecule has 1 atom stereocenters. The van der Waals surface area contributed by atoms with Crippen LogP contribution in [0.1, 0.15) is 44.1 Å². The van der Waals surface area contributed by atoms with Gasteiger partial charge in [-0.1, -0.05) is 49.6 Å². The van der Waals surface area contributed by atoms with Gasteiger partial charge in [-0.3, -0.25) is 4.79 Å². The van der Waals surface area contributed by atoms with E-state index in [1.807, 2.05) is 35.2 Å². The van der Waals surface area contributed by atoms with Crippen LogP contribution in [0.5, 0.6) is 0 Å². The minimum atomic E-state index is -0.0872. The summed E-state index contributed by atoms with van der Waals surface area (Å²) >= 11 is 0. The normalized spacial score (nSPS) is 21.8. The fraction of sp³-hybridized carbons (Fsp3) is 0.579. The summed E-state index contributed by atoms with van der Waals surface area (Å²) in [7, 11) is 0. The monoisotopic (exact) mass is 329 g/mol. The predicted octanol–water partition coefficient (Wildman–Crippen LogP) is 2.67. The topological polar surface area (TPSA) is 61.4 Å². The molecule has 0 unspecified atom stereocenters. The van der Waals surface area contributed by atoms with Crippen LogP contribution in [0.2, 0.25) is 0 Å². The van der Waals surface area contributed by atoms with E-state index in [1.165, 1.54) is 19.3 Å². The van der Waals surface area contributed by atoms with Gasteiger partial charge < -0.3 is 15.5 Å². The molecular formula is C19H27N3O2. The number of carbonyl (C=O) groups excluding carboxylic acids is 2.